The van der Waals surface area contributed by atoms with E-state index < -0.39 is 5.97 Å². The van der Waals surface area contributed by atoms with Gasteiger partial charge in [-0.3, -0.25) is 4.79 Å². The first-order chi connectivity index (χ1) is 6.62. The Kier molecular flexibility index (Phi) is 2.23. The highest BCUT2D eigenvalue weighted by molar-refractivity contribution is 6.26. The maximum absolute atomic E-state index is 10.6. The molecule has 0 heterocycles. The summed E-state index contributed by atoms with van der Waals surface area (Å²) in [4.78, 5) is 10.4. The first kappa shape index (κ1) is 9.53. The molecular formula is C11H11ClO2. The van der Waals surface area contributed by atoms with Gasteiger partial charge >= 0.3 is 5.97 Å². The van der Waals surface area contributed by atoms with Crippen LogP contribution in [0.2, 0.25) is 0 Å². The molecule has 0 unspecified atom stereocenters. The molecule has 74 valence electrons. The molecule has 1 saturated carbocycles. The lowest BCUT2D eigenvalue weighted by Gasteiger charge is -2.11. The zero-order valence-corrected chi connectivity index (χ0v) is 8.42. The second-order valence-corrected chi connectivity index (χ2v) is 4.42. The van der Waals surface area contributed by atoms with Gasteiger partial charge in [0.25, 0.3) is 0 Å². The van der Waals surface area contributed by atoms with Gasteiger partial charge in [-0.1, -0.05) is 24.3 Å². The van der Waals surface area contributed by atoms with Crippen LogP contribution in [0.5, 0.6) is 0 Å². The van der Waals surface area contributed by atoms with E-state index in [1.165, 1.54) is 0 Å². The van der Waals surface area contributed by atoms with E-state index in [-0.39, 0.29) is 11.3 Å². The molecular weight excluding hydrogens is 200 g/mol. The van der Waals surface area contributed by atoms with Crippen LogP contribution >= 0.6 is 11.6 Å². The van der Waals surface area contributed by atoms with Gasteiger partial charge in [-0.05, 0) is 24.0 Å². The van der Waals surface area contributed by atoms with E-state index in [1.54, 1.807) is 0 Å². The second kappa shape index (κ2) is 3.28. The van der Waals surface area contributed by atoms with Crippen molar-refractivity contribution in [2.75, 3.05) is 0 Å². The molecule has 0 aliphatic heterocycles. The van der Waals surface area contributed by atoms with E-state index in [9.17, 15) is 4.79 Å². The van der Waals surface area contributed by atoms with Crippen molar-refractivity contribution in [1.29, 1.82) is 0 Å². The van der Waals surface area contributed by atoms with Gasteiger partial charge in [0.1, 0.15) is 0 Å². The molecule has 0 spiro atoms. The Morgan fingerprint density at radius 1 is 1.43 bits per heavy atom. The minimum atomic E-state index is -0.807. The number of hydrogen-bond donors (Lipinski definition) is 1. The molecule has 0 radical (unpaired) electrons. The van der Waals surface area contributed by atoms with Crippen molar-refractivity contribution in [1.82, 2.24) is 0 Å². The molecule has 0 bridgehead atoms. The highest BCUT2D eigenvalue weighted by Crippen LogP contribution is 2.52. The Morgan fingerprint density at radius 3 is 2.64 bits per heavy atom. The van der Waals surface area contributed by atoms with E-state index in [2.05, 4.69) is 0 Å². The topological polar surface area (TPSA) is 37.3 Å². The summed E-state index contributed by atoms with van der Waals surface area (Å²) in [5, 5.41) is 8.73. The quantitative estimate of drug-likeness (QED) is 0.779. The highest BCUT2D eigenvalue weighted by Gasteiger charge is 2.43. The highest BCUT2D eigenvalue weighted by atomic mass is 35.5. The molecule has 1 aliphatic carbocycles. The summed E-state index contributed by atoms with van der Waals surface area (Å²) in [7, 11) is 0. The Bertz CT molecular complexity index is 369. The summed E-state index contributed by atoms with van der Waals surface area (Å²) < 4.78 is 0. The third-order valence-electron chi connectivity index (χ3n) is 2.53. The fraction of sp³-hybridized carbons (Fsp3) is 0.364. The lowest BCUT2D eigenvalue weighted by atomic mass is 10.0. The van der Waals surface area contributed by atoms with Gasteiger partial charge in [0.05, 0.1) is 11.3 Å². The van der Waals surface area contributed by atoms with Crippen LogP contribution in [0, 0.1) is 0 Å². The van der Waals surface area contributed by atoms with E-state index in [4.69, 9.17) is 16.7 Å². The van der Waals surface area contributed by atoms with Crippen LogP contribution in [0.1, 0.15) is 24.0 Å². The molecule has 0 saturated heterocycles. The number of aliphatic carboxylic acids is 1. The van der Waals surface area contributed by atoms with E-state index in [0.717, 1.165) is 24.0 Å². The number of carboxylic acid groups (broad SMARTS) is 1. The van der Waals surface area contributed by atoms with Crippen molar-refractivity contribution < 1.29 is 9.90 Å². The molecule has 0 amide bonds. The molecule has 1 N–H and O–H groups in total. The molecule has 0 aromatic heterocycles. The van der Waals surface area contributed by atoms with Crippen LogP contribution in [0.3, 0.4) is 0 Å². The molecule has 0 atom stereocenters. The van der Waals surface area contributed by atoms with Gasteiger partial charge in [-0.2, -0.15) is 0 Å². The lowest BCUT2D eigenvalue weighted by Crippen LogP contribution is -2.07. The Hall–Kier alpha value is -1.02. The van der Waals surface area contributed by atoms with Crippen molar-refractivity contribution in [3.63, 3.8) is 0 Å². The zero-order valence-electron chi connectivity index (χ0n) is 7.66. The first-order valence-electron chi connectivity index (χ1n) is 4.61. The predicted molar refractivity (Wildman–Crippen MR) is 54.5 cm³/mol. The largest absolute Gasteiger partial charge is 0.481 e. The molecule has 2 nitrogen and oxygen atoms in total. The van der Waals surface area contributed by atoms with E-state index in [0.29, 0.717) is 0 Å². The van der Waals surface area contributed by atoms with Crippen LogP contribution in [0.4, 0.5) is 0 Å². The SMILES string of the molecule is O=C(O)Cc1ccccc1C1(Cl)CC1. The standard InChI is InChI=1S/C11H11ClO2/c12-11(5-6-11)9-4-2-1-3-8(9)7-10(13)14/h1-4H,5-7H2,(H,13,14). The summed E-state index contributed by atoms with van der Waals surface area (Å²) in [5.41, 5.74) is 1.83. The maximum atomic E-state index is 10.6. The summed E-state index contributed by atoms with van der Waals surface area (Å²) in [5.74, 6) is -0.807. The lowest BCUT2D eigenvalue weighted by molar-refractivity contribution is -0.136. The normalized spacial score (nSPS) is 17.8. The summed E-state index contributed by atoms with van der Waals surface area (Å²) in [6, 6.07) is 7.53. The van der Waals surface area contributed by atoms with Gasteiger partial charge in [-0.25, -0.2) is 0 Å². The molecule has 2 rings (SSSR count). The predicted octanol–water partition coefficient (Wildman–Crippen LogP) is 2.54. The van der Waals surface area contributed by atoms with Crippen molar-refractivity contribution in [2.24, 2.45) is 0 Å². The number of halogens is 1. The monoisotopic (exact) mass is 210 g/mol. The average Bonchev–Trinajstić information content (AvgIpc) is 2.84. The minimum absolute atomic E-state index is 0.0602. The van der Waals surface area contributed by atoms with E-state index in [1.807, 2.05) is 24.3 Å². The summed E-state index contributed by atoms with van der Waals surface area (Å²) in [6.45, 7) is 0. The van der Waals surface area contributed by atoms with Crippen molar-refractivity contribution in [3.05, 3.63) is 35.4 Å². The third-order valence-corrected chi connectivity index (χ3v) is 3.11. The van der Waals surface area contributed by atoms with Crippen LogP contribution in [-0.2, 0) is 16.1 Å². The van der Waals surface area contributed by atoms with Gasteiger partial charge < -0.3 is 5.11 Å². The molecule has 1 aliphatic rings. The van der Waals surface area contributed by atoms with Gasteiger partial charge in [0, 0.05) is 0 Å². The molecule has 14 heavy (non-hydrogen) atoms. The smallest absolute Gasteiger partial charge is 0.307 e. The Balaban J connectivity index is 2.34. The number of hydrogen-bond acceptors (Lipinski definition) is 1. The number of alkyl halides is 1. The third kappa shape index (κ3) is 1.75. The van der Waals surface area contributed by atoms with Crippen LogP contribution in [0.15, 0.2) is 24.3 Å². The molecule has 3 heteroatoms. The summed E-state index contributed by atoms with van der Waals surface area (Å²) in [6.07, 6.45) is 1.96. The second-order valence-electron chi connectivity index (χ2n) is 3.69. The van der Waals surface area contributed by atoms with Crippen LogP contribution < -0.4 is 0 Å². The molecule has 1 aromatic rings. The number of carboxylic acids is 1. The maximum Gasteiger partial charge on any atom is 0.307 e. The molecule has 1 fully saturated rings. The fourth-order valence-corrected chi connectivity index (χ4v) is 1.93. The van der Waals surface area contributed by atoms with Crippen molar-refractivity contribution >= 4 is 17.6 Å². The van der Waals surface area contributed by atoms with E-state index >= 15 is 0 Å². The van der Waals surface area contributed by atoms with Crippen molar-refractivity contribution in [2.45, 2.75) is 24.1 Å². The summed E-state index contributed by atoms with van der Waals surface area (Å²) >= 11 is 6.27. The fourth-order valence-electron chi connectivity index (χ4n) is 1.65. The van der Waals surface area contributed by atoms with Crippen LogP contribution in [0.25, 0.3) is 0 Å². The van der Waals surface area contributed by atoms with Gasteiger partial charge in [-0.15, -0.1) is 11.6 Å². The average molecular weight is 211 g/mol. The number of rotatable bonds is 3. The first-order valence-corrected chi connectivity index (χ1v) is 4.99. The Morgan fingerprint density at radius 2 is 2.07 bits per heavy atom. The van der Waals surface area contributed by atoms with Gasteiger partial charge in [0.15, 0.2) is 0 Å². The molecule has 1 aromatic carbocycles. The van der Waals surface area contributed by atoms with Crippen LogP contribution in [-0.4, -0.2) is 11.1 Å². The number of benzene rings is 1. The Labute approximate surface area is 87.5 Å². The minimum Gasteiger partial charge on any atom is -0.481 e. The zero-order chi connectivity index (χ0) is 10.2. The number of carbonyl (C=O) groups is 1. The van der Waals surface area contributed by atoms with Gasteiger partial charge in [0.2, 0.25) is 0 Å². The van der Waals surface area contributed by atoms with Crippen molar-refractivity contribution in [3.8, 4) is 0 Å².